The highest BCUT2D eigenvalue weighted by atomic mass is 79.9. The summed E-state index contributed by atoms with van der Waals surface area (Å²) in [7, 11) is 0. The zero-order valence-corrected chi connectivity index (χ0v) is 19.3. The molecule has 12 heteroatoms. The van der Waals surface area contributed by atoms with E-state index in [1.165, 1.54) is 24.3 Å². The Morgan fingerprint density at radius 2 is 1.94 bits per heavy atom. The van der Waals surface area contributed by atoms with Crippen LogP contribution in [0.1, 0.15) is 21.5 Å². The van der Waals surface area contributed by atoms with Gasteiger partial charge in [-0.3, -0.25) is 14.9 Å². The molecule has 0 bridgehead atoms. The molecule has 0 aliphatic heterocycles. The van der Waals surface area contributed by atoms with E-state index in [9.17, 15) is 24.5 Å². The highest BCUT2D eigenvalue weighted by Crippen LogP contribution is 2.36. The minimum absolute atomic E-state index is 0.0603. The van der Waals surface area contributed by atoms with Crippen LogP contribution in [0.15, 0.2) is 79.8 Å². The van der Waals surface area contributed by atoms with Gasteiger partial charge in [-0.05, 0) is 51.8 Å². The number of rotatable bonds is 7. The number of aromatic nitrogens is 2. The van der Waals surface area contributed by atoms with Crippen molar-refractivity contribution >= 4 is 44.7 Å². The number of carbonyl (C=O) groups is 1. The summed E-state index contributed by atoms with van der Waals surface area (Å²) in [6.45, 7) is -0.115. The van der Waals surface area contributed by atoms with E-state index in [2.05, 4.69) is 26.0 Å². The number of hydrogen-bond donors (Lipinski definition) is 2. The van der Waals surface area contributed by atoms with Crippen LogP contribution in [0.5, 0.6) is 5.75 Å². The first kappa shape index (κ1) is 23.6. The van der Waals surface area contributed by atoms with Gasteiger partial charge < -0.3 is 14.8 Å². The number of fused-ring (bicyclic) bond motifs is 1. The van der Waals surface area contributed by atoms with Crippen molar-refractivity contribution in [1.29, 1.82) is 0 Å². The number of aromatic amines is 1. The van der Waals surface area contributed by atoms with E-state index in [0.29, 0.717) is 15.8 Å². The second-order valence-electron chi connectivity index (χ2n) is 7.24. The molecule has 0 amide bonds. The molecule has 0 unspecified atom stereocenters. The maximum atomic E-state index is 12.6. The number of para-hydroxylation sites is 1. The zero-order chi connectivity index (χ0) is 25.1. The van der Waals surface area contributed by atoms with E-state index in [1.807, 2.05) is 0 Å². The summed E-state index contributed by atoms with van der Waals surface area (Å²) in [5, 5.41) is 25.0. The monoisotopic (exact) mass is 538 g/mol. The maximum absolute atomic E-state index is 12.6. The minimum Gasteiger partial charge on any atom is -0.481 e. The Bertz CT molecular complexity index is 1620. The fourth-order valence-corrected chi connectivity index (χ4v) is 3.87. The van der Waals surface area contributed by atoms with Gasteiger partial charge in [0.15, 0.2) is 0 Å². The lowest BCUT2D eigenvalue weighted by molar-refractivity contribution is -0.386. The first-order chi connectivity index (χ1) is 16.7. The number of halogens is 1. The Morgan fingerprint density at radius 3 is 2.69 bits per heavy atom. The topological polar surface area (TPSA) is 157 Å². The predicted octanol–water partition coefficient (Wildman–Crippen LogP) is 3.52. The lowest BCUT2D eigenvalue weighted by atomic mass is 10.1. The van der Waals surface area contributed by atoms with Crippen LogP contribution >= 0.6 is 15.9 Å². The summed E-state index contributed by atoms with van der Waals surface area (Å²) in [5.41, 5.74) is -0.641. The van der Waals surface area contributed by atoms with Crippen LogP contribution in [0, 0.1) is 10.1 Å². The molecule has 0 spiro atoms. The Kier molecular flexibility index (Phi) is 6.55. The molecular formula is C23H15BrN4O7. The fourth-order valence-electron chi connectivity index (χ4n) is 3.28. The Balaban J connectivity index is 1.66. The van der Waals surface area contributed by atoms with Crippen molar-refractivity contribution in [2.24, 2.45) is 5.10 Å². The largest absolute Gasteiger partial charge is 0.481 e. The summed E-state index contributed by atoms with van der Waals surface area (Å²) >= 11 is 3.24. The van der Waals surface area contributed by atoms with Crippen molar-refractivity contribution in [3.63, 3.8) is 0 Å². The zero-order valence-electron chi connectivity index (χ0n) is 17.7. The molecule has 35 heavy (non-hydrogen) atoms. The number of nitrogens with zero attached hydrogens (tertiary/aromatic N) is 3. The quantitative estimate of drug-likeness (QED) is 0.207. The number of nitrogens with one attached hydrogen (secondary N) is 1. The molecule has 0 saturated heterocycles. The first-order valence-electron chi connectivity index (χ1n) is 9.96. The van der Waals surface area contributed by atoms with Crippen molar-refractivity contribution < 1.29 is 19.6 Å². The van der Waals surface area contributed by atoms with Gasteiger partial charge in [0, 0.05) is 11.6 Å². The van der Waals surface area contributed by atoms with Crippen molar-refractivity contribution in [3.8, 4) is 5.75 Å². The smallest absolute Gasteiger partial charge is 0.349 e. The highest BCUT2D eigenvalue weighted by Gasteiger charge is 2.20. The van der Waals surface area contributed by atoms with E-state index < -0.39 is 27.8 Å². The molecule has 0 aliphatic rings. The summed E-state index contributed by atoms with van der Waals surface area (Å²) < 4.78 is 6.47. The van der Waals surface area contributed by atoms with Crippen LogP contribution in [0.25, 0.3) is 10.9 Å². The number of carboxylic acids is 1. The number of nitro groups is 1. The van der Waals surface area contributed by atoms with Crippen LogP contribution in [0.2, 0.25) is 0 Å². The molecule has 11 nitrogen and oxygen atoms in total. The highest BCUT2D eigenvalue weighted by molar-refractivity contribution is 9.10. The van der Waals surface area contributed by atoms with Crippen molar-refractivity contribution in [1.82, 2.24) is 9.66 Å². The van der Waals surface area contributed by atoms with Crippen molar-refractivity contribution in [2.45, 2.75) is 6.61 Å². The third-order valence-electron chi connectivity index (χ3n) is 4.91. The van der Waals surface area contributed by atoms with Gasteiger partial charge in [-0.25, -0.2) is 9.59 Å². The van der Waals surface area contributed by atoms with Gasteiger partial charge in [-0.1, -0.05) is 24.3 Å². The Hall–Kier alpha value is -4.58. The van der Waals surface area contributed by atoms with Crippen molar-refractivity contribution in [2.75, 3.05) is 0 Å². The molecule has 4 rings (SSSR count). The molecule has 0 saturated carbocycles. The van der Waals surface area contributed by atoms with Crippen LogP contribution in [0.3, 0.4) is 0 Å². The number of nitro benzene ring substituents is 1. The number of aromatic carboxylic acids is 1. The summed E-state index contributed by atoms with van der Waals surface area (Å²) in [5.74, 6) is -1.18. The molecule has 0 radical (unpaired) electrons. The maximum Gasteiger partial charge on any atom is 0.349 e. The molecule has 0 atom stereocenters. The van der Waals surface area contributed by atoms with E-state index in [0.717, 1.165) is 6.21 Å². The van der Waals surface area contributed by atoms with Crippen LogP contribution in [-0.4, -0.2) is 31.9 Å². The van der Waals surface area contributed by atoms with E-state index in [-0.39, 0.29) is 33.3 Å². The Labute approximate surface area is 204 Å². The SMILES string of the molecule is O=C(O)c1cccc(COc2c(Br)cc(C=Nn3c(=O)[nH]c4ccccc4c3=O)cc2[N+](=O)[O-])c1. The second-order valence-corrected chi connectivity index (χ2v) is 8.09. The molecule has 3 aromatic carbocycles. The van der Waals surface area contributed by atoms with Gasteiger partial charge in [0.2, 0.25) is 5.75 Å². The van der Waals surface area contributed by atoms with E-state index >= 15 is 0 Å². The molecule has 1 aromatic heterocycles. The van der Waals surface area contributed by atoms with E-state index in [1.54, 1.807) is 36.4 Å². The van der Waals surface area contributed by atoms with Gasteiger partial charge in [-0.15, -0.1) is 4.68 Å². The molecule has 0 fully saturated rings. The fraction of sp³-hybridized carbons (Fsp3) is 0.0435. The molecule has 176 valence electrons. The van der Waals surface area contributed by atoms with Crippen LogP contribution in [-0.2, 0) is 6.61 Å². The number of carboxylic acid groups (broad SMARTS) is 1. The number of ether oxygens (including phenoxy) is 1. The number of H-pyrrole nitrogens is 1. The average molecular weight is 539 g/mol. The second kappa shape index (κ2) is 9.73. The predicted molar refractivity (Wildman–Crippen MR) is 130 cm³/mol. The first-order valence-corrected chi connectivity index (χ1v) is 10.8. The van der Waals surface area contributed by atoms with Gasteiger partial charge >= 0.3 is 17.3 Å². The van der Waals surface area contributed by atoms with Crippen LogP contribution in [0.4, 0.5) is 5.69 Å². The molecule has 1 heterocycles. The van der Waals surface area contributed by atoms with Crippen LogP contribution < -0.4 is 16.0 Å². The third-order valence-corrected chi connectivity index (χ3v) is 5.50. The Morgan fingerprint density at radius 1 is 1.17 bits per heavy atom. The standard InChI is InChI=1S/C23H15BrN4O7/c24-17-9-14(11-25-27-21(29)16-6-1-2-7-18(16)26-23(27)32)10-19(28(33)34)20(17)35-12-13-4-3-5-15(8-13)22(30)31/h1-11H,12H2,(H,26,32)(H,30,31). The molecule has 2 N–H and O–H groups in total. The molecule has 0 aliphatic carbocycles. The summed E-state index contributed by atoms with van der Waals surface area (Å²) in [6.07, 6.45) is 1.14. The number of hydrogen-bond acceptors (Lipinski definition) is 7. The molecule has 4 aromatic rings. The van der Waals surface area contributed by atoms with E-state index in [4.69, 9.17) is 9.84 Å². The van der Waals surface area contributed by atoms with Gasteiger partial charge in [0.1, 0.15) is 6.61 Å². The molecular weight excluding hydrogens is 524 g/mol. The lowest BCUT2D eigenvalue weighted by Gasteiger charge is -2.10. The normalized spacial score (nSPS) is 11.1. The van der Waals surface area contributed by atoms with Gasteiger partial charge in [0.05, 0.1) is 32.1 Å². The minimum atomic E-state index is -1.10. The number of benzene rings is 3. The van der Waals surface area contributed by atoms with Crippen molar-refractivity contribution in [3.05, 3.63) is 113 Å². The summed E-state index contributed by atoms with van der Waals surface area (Å²) in [4.78, 5) is 49.6. The van der Waals surface area contributed by atoms with Gasteiger partial charge in [0.25, 0.3) is 5.56 Å². The van der Waals surface area contributed by atoms with Gasteiger partial charge in [-0.2, -0.15) is 5.10 Å². The third kappa shape index (κ3) is 5.01. The lowest BCUT2D eigenvalue weighted by Crippen LogP contribution is -2.32. The average Bonchev–Trinajstić information content (AvgIpc) is 2.83. The summed E-state index contributed by atoms with van der Waals surface area (Å²) in [6, 6.07) is 15.1.